The first-order valence-electron chi connectivity index (χ1n) is 10.7. The van der Waals surface area contributed by atoms with E-state index in [2.05, 4.69) is 10.3 Å². The number of hydrogen-bond donors (Lipinski definition) is 2. The molecule has 11 nitrogen and oxygen atoms in total. The summed E-state index contributed by atoms with van der Waals surface area (Å²) in [4.78, 5) is 65.9. The second kappa shape index (κ2) is 10.2. The van der Waals surface area contributed by atoms with Gasteiger partial charge < -0.3 is 29.6 Å². The fourth-order valence-electron chi connectivity index (χ4n) is 3.85. The number of nitrogens with zero attached hydrogens (tertiary/aromatic N) is 3. The van der Waals surface area contributed by atoms with Gasteiger partial charge in [0.1, 0.15) is 29.7 Å². The lowest BCUT2D eigenvalue weighted by molar-refractivity contribution is -0.108. The van der Waals surface area contributed by atoms with E-state index in [1.807, 2.05) is 0 Å². The van der Waals surface area contributed by atoms with E-state index in [9.17, 15) is 33.5 Å². The largest absolute Gasteiger partial charge is 0.505 e. The highest BCUT2D eigenvalue weighted by Gasteiger charge is 2.37. The van der Waals surface area contributed by atoms with Crippen molar-refractivity contribution in [1.29, 1.82) is 0 Å². The van der Waals surface area contributed by atoms with Gasteiger partial charge in [0, 0.05) is 23.7 Å². The molecule has 4 rings (SSSR count). The summed E-state index contributed by atoms with van der Waals surface area (Å²) in [6, 6.07) is 7.53. The molecule has 0 spiro atoms. The number of aldehydes is 2. The molecule has 1 aliphatic rings. The maximum Gasteiger partial charge on any atom is 0.423 e. The molecule has 184 valence electrons. The number of aromatic hydroxyl groups is 1. The van der Waals surface area contributed by atoms with Crippen molar-refractivity contribution in [1.82, 2.24) is 20.1 Å². The molecule has 2 aromatic carbocycles. The van der Waals surface area contributed by atoms with Crippen molar-refractivity contribution in [2.24, 2.45) is 0 Å². The Kier molecular flexibility index (Phi) is 6.86. The molecule has 2 N–H and O–H groups in total. The molecular weight excluding hydrogens is 475 g/mol. The van der Waals surface area contributed by atoms with Gasteiger partial charge in [0.2, 0.25) is 0 Å². The van der Waals surface area contributed by atoms with Crippen LogP contribution in [-0.2, 0) is 22.7 Å². The summed E-state index contributed by atoms with van der Waals surface area (Å²) in [5, 5.41) is 13.2. The van der Waals surface area contributed by atoms with E-state index in [0.29, 0.717) is 23.0 Å². The Morgan fingerprint density at radius 2 is 1.94 bits per heavy atom. The van der Waals surface area contributed by atoms with E-state index in [4.69, 9.17) is 4.74 Å². The molecule has 0 fully saturated rings. The van der Waals surface area contributed by atoms with Crippen LogP contribution in [0.5, 0.6) is 11.5 Å². The summed E-state index contributed by atoms with van der Waals surface area (Å²) in [6.07, 6.45) is 0.834. The number of urea groups is 1. The van der Waals surface area contributed by atoms with Crippen molar-refractivity contribution < 1.29 is 38.2 Å². The summed E-state index contributed by atoms with van der Waals surface area (Å²) in [5.74, 6) is -1.52. The molecule has 36 heavy (non-hydrogen) atoms. The number of imide groups is 1. The normalized spacial score (nSPS) is 12.2. The lowest BCUT2D eigenvalue weighted by Gasteiger charge is -2.20. The van der Waals surface area contributed by atoms with Crippen molar-refractivity contribution in [2.45, 2.75) is 13.1 Å². The number of aromatic nitrogens is 1. The van der Waals surface area contributed by atoms with E-state index in [-0.39, 0.29) is 40.9 Å². The molecule has 12 heteroatoms. The Balaban J connectivity index is 1.73. The van der Waals surface area contributed by atoms with Crippen LogP contribution in [0, 0.1) is 5.82 Å². The predicted octanol–water partition coefficient (Wildman–Crippen LogP) is 2.14. The molecule has 0 atom stereocenters. The van der Waals surface area contributed by atoms with Gasteiger partial charge in [0.05, 0.1) is 25.2 Å². The number of ether oxygens (including phenoxy) is 1. The molecule has 2 heterocycles. The first-order chi connectivity index (χ1) is 17.3. The topological polar surface area (TPSA) is 146 Å². The number of rotatable bonds is 7. The fourth-order valence-corrected chi connectivity index (χ4v) is 3.85. The number of carbonyl (C=O) groups excluding carboxylic acids is 5. The van der Waals surface area contributed by atoms with Gasteiger partial charge in [-0.1, -0.05) is 12.1 Å². The van der Waals surface area contributed by atoms with Crippen molar-refractivity contribution in [3.8, 4) is 11.5 Å². The summed E-state index contributed by atoms with van der Waals surface area (Å²) < 4.78 is 18.8. The fraction of sp³-hybridized carbons (Fsp3) is 0.167. The van der Waals surface area contributed by atoms with Crippen LogP contribution < -0.4 is 10.1 Å². The summed E-state index contributed by atoms with van der Waals surface area (Å²) in [6.45, 7) is -1.04. The van der Waals surface area contributed by atoms with Crippen LogP contribution in [0.15, 0.2) is 42.6 Å². The van der Waals surface area contributed by atoms with E-state index >= 15 is 0 Å². The second-order valence-corrected chi connectivity index (χ2v) is 7.72. The molecule has 0 saturated carbocycles. The minimum Gasteiger partial charge on any atom is -0.505 e. The summed E-state index contributed by atoms with van der Waals surface area (Å²) >= 11 is 0. The molecule has 0 aliphatic carbocycles. The third-order valence-corrected chi connectivity index (χ3v) is 5.47. The Morgan fingerprint density at radius 1 is 1.19 bits per heavy atom. The maximum atomic E-state index is 13.3. The standard InChI is InChI=1S/C24H19FN4O7/c25-15-5-3-14(4-6-15)12-28-13-17-18(22(28)33)20(32)19-16(2-1-7-26-19)21(17)36-24(35)29(9-11-31)23(34)27-8-10-30/h1-7,10-11,32H,8-9,12-13H2,(H,27,34). The van der Waals surface area contributed by atoms with Crippen molar-refractivity contribution in [3.05, 3.63) is 65.1 Å². The number of amides is 4. The zero-order chi connectivity index (χ0) is 25.8. The zero-order valence-corrected chi connectivity index (χ0v) is 18.6. The molecule has 1 aromatic heterocycles. The highest BCUT2D eigenvalue weighted by molar-refractivity contribution is 6.09. The minimum atomic E-state index is -1.24. The van der Waals surface area contributed by atoms with E-state index in [1.165, 1.54) is 47.5 Å². The van der Waals surface area contributed by atoms with E-state index in [0.717, 1.165) is 0 Å². The highest BCUT2D eigenvalue weighted by atomic mass is 19.1. The predicted molar refractivity (Wildman–Crippen MR) is 122 cm³/mol. The molecular formula is C24H19FN4O7. The SMILES string of the molecule is O=CCNC(=O)N(CC=O)C(=O)Oc1c2c(c(O)c3ncccc13)C(=O)N(Cc1ccc(F)cc1)C2. The number of halogens is 1. The Hall–Kier alpha value is -4.87. The van der Waals surface area contributed by atoms with Crippen molar-refractivity contribution in [3.63, 3.8) is 0 Å². The van der Waals surface area contributed by atoms with Gasteiger partial charge in [-0.25, -0.2) is 18.9 Å². The van der Waals surface area contributed by atoms with Crippen LogP contribution in [0.25, 0.3) is 10.9 Å². The monoisotopic (exact) mass is 494 g/mol. The van der Waals surface area contributed by atoms with Gasteiger partial charge in [-0.05, 0) is 29.8 Å². The van der Waals surface area contributed by atoms with Crippen molar-refractivity contribution >= 4 is 41.5 Å². The Morgan fingerprint density at radius 3 is 2.64 bits per heavy atom. The molecule has 0 unspecified atom stereocenters. The highest BCUT2D eigenvalue weighted by Crippen LogP contribution is 2.44. The minimum absolute atomic E-state index is 0.0108. The number of carbonyl (C=O) groups is 5. The molecule has 4 amide bonds. The first-order valence-corrected chi connectivity index (χ1v) is 10.7. The smallest absolute Gasteiger partial charge is 0.423 e. The molecule has 3 aromatic rings. The molecule has 0 bridgehead atoms. The van der Waals surface area contributed by atoms with Gasteiger partial charge in [0.25, 0.3) is 5.91 Å². The quantitative estimate of drug-likeness (QED) is 0.475. The number of phenols is 1. The average molecular weight is 494 g/mol. The lowest BCUT2D eigenvalue weighted by Crippen LogP contribution is -2.46. The number of pyridine rings is 1. The van der Waals surface area contributed by atoms with Crippen LogP contribution in [0.1, 0.15) is 21.5 Å². The van der Waals surface area contributed by atoms with Crippen LogP contribution in [-0.4, -0.2) is 63.6 Å². The van der Waals surface area contributed by atoms with Gasteiger partial charge in [-0.15, -0.1) is 0 Å². The summed E-state index contributed by atoms with van der Waals surface area (Å²) in [7, 11) is 0. The van der Waals surface area contributed by atoms with Crippen LogP contribution in [0.3, 0.4) is 0 Å². The van der Waals surface area contributed by atoms with E-state index < -0.39 is 42.7 Å². The van der Waals surface area contributed by atoms with Crippen molar-refractivity contribution in [2.75, 3.05) is 13.1 Å². The van der Waals surface area contributed by atoms with Crippen LogP contribution in [0.4, 0.5) is 14.0 Å². The van der Waals surface area contributed by atoms with Crippen LogP contribution in [0.2, 0.25) is 0 Å². The van der Waals surface area contributed by atoms with Gasteiger partial charge in [-0.3, -0.25) is 9.78 Å². The Bertz CT molecular complexity index is 1380. The second-order valence-electron chi connectivity index (χ2n) is 7.72. The summed E-state index contributed by atoms with van der Waals surface area (Å²) in [5.41, 5.74) is 0.664. The number of fused-ring (bicyclic) bond motifs is 2. The lowest BCUT2D eigenvalue weighted by atomic mass is 10.0. The maximum absolute atomic E-state index is 13.3. The zero-order valence-electron chi connectivity index (χ0n) is 18.6. The average Bonchev–Trinajstić information content (AvgIpc) is 3.20. The number of phenolic OH excluding ortho intramolecular Hbond substituents is 1. The molecule has 0 radical (unpaired) electrons. The van der Waals surface area contributed by atoms with Gasteiger partial charge in [-0.2, -0.15) is 0 Å². The number of hydrogen-bond acceptors (Lipinski definition) is 8. The van der Waals surface area contributed by atoms with Gasteiger partial charge >= 0.3 is 12.1 Å². The van der Waals surface area contributed by atoms with Gasteiger partial charge in [0.15, 0.2) is 5.75 Å². The van der Waals surface area contributed by atoms with E-state index in [1.54, 1.807) is 0 Å². The number of nitrogens with one attached hydrogen (secondary N) is 1. The Labute approximate surface area is 203 Å². The number of benzene rings is 2. The van der Waals surface area contributed by atoms with Crippen LogP contribution >= 0.6 is 0 Å². The third kappa shape index (κ3) is 4.56. The third-order valence-electron chi connectivity index (χ3n) is 5.47. The first kappa shape index (κ1) is 24.3. The molecule has 0 saturated heterocycles. The molecule has 1 aliphatic heterocycles.